The van der Waals surface area contributed by atoms with E-state index in [4.69, 9.17) is 21.7 Å². The Morgan fingerprint density at radius 2 is 2.04 bits per heavy atom. The molecule has 0 bridgehead atoms. The first-order chi connectivity index (χ1) is 12.0. The first kappa shape index (κ1) is 19.3. The van der Waals surface area contributed by atoms with Crippen LogP contribution < -0.4 is 15.4 Å². The number of amides is 1. The molecule has 2 aromatic rings. The van der Waals surface area contributed by atoms with E-state index in [0.29, 0.717) is 34.7 Å². The van der Waals surface area contributed by atoms with Gasteiger partial charge >= 0.3 is 0 Å². The van der Waals surface area contributed by atoms with Gasteiger partial charge in [0.25, 0.3) is 5.91 Å². The molecule has 25 heavy (non-hydrogen) atoms. The molecule has 2 aromatic carbocycles. The van der Waals surface area contributed by atoms with Crippen molar-refractivity contribution in [3.05, 3.63) is 58.3 Å². The molecular formula is C17H16BrFN2O3S. The number of halogens is 2. The van der Waals surface area contributed by atoms with E-state index in [9.17, 15) is 9.18 Å². The quantitative estimate of drug-likeness (QED) is 0.544. The Morgan fingerprint density at radius 1 is 1.24 bits per heavy atom. The van der Waals surface area contributed by atoms with Gasteiger partial charge in [-0.3, -0.25) is 10.1 Å². The molecule has 0 fully saturated rings. The summed E-state index contributed by atoms with van der Waals surface area (Å²) in [7, 11) is 1.59. The SMILES string of the molecule is COCCOc1ccc(C(=O)NC(=S)Nc2cccc(F)c2)cc1Br. The zero-order chi connectivity index (χ0) is 18.2. The molecular weight excluding hydrogens is 411 g/mol. The fourth-order valence-electron chi connectivity index (χ4n) is 1.90. The Morgan fingerprint density at radius 3 is 2.72 bits per heavy atom. The van der Waals surface area contributed by atoms with Gasteiger partial charge in [0.2, 0.25) is 0 Å². The zero-order valence-electron chi connectivity index (χ0n) is 13.3. The smallest absolute Gasteiger partial charge is 0.257 e. The Labute approximate surface area is 158 Å². The first-order valence-corrected chi connectivity index (χ1v) is 8.49. The summed E-state index contributed by atoms with van der Waals surface area (Å²) in [5.74, 6) is -0.181. The lowest BCUT2D eigenvalue weighted by Crippen LogP contribution is -2.34. The zero-order valence-corrected chi connectivity index (χ0v) is 15.7. The normalized spacial score (nSPS) is 10.2. The Hall–Kier alpha value is -2.03. The molecule has 0 aliphatic carbocycles. The minimum atomic E-state index is -0.396. The minimum absolute atomic E-state index is 0.0761. The van der Waals surface area contributed by atoms with Crippen molar-refractivity contribution in [3.8, 4) is 5.75 Å². The van der Waals surface area contributed by atoms with Crippen LogP contribution in [0.2, 0.25) is 0 Å². The van der Waals surface area contributed by atoms with E-state index in [1.807, 2.05) is 0 Å². The molecule has 0 atom stereocenters. The van der Waals surface area contributed by atoms with E-state index in [0.717, 1.165) is 0 Å². The number of ether oxygens (including phenoxy) is 2. The van der Waals surface area contributed by atoms with Crippen molar-refractivity contribution in [2.45, 2.75) is 0 Å². The summed E-state index contributed by atoms with van der Waals surface area (Å²) in [6, 6.07) is 10.7. The van der Waals surface area contributed by atoms with Gasteiger partial charge in [-0.2, -0.15) is 0 Å². The lowest BCUT2D eigenvalue weighted by atomic mass is 10.2. The third-order valence-electron chi connectivity index (χ3n) is 3.05. The summed E-state index contributed by atoms with van der Waals surface area (Å²) >= 11 is 8.43. The molecule has 0 aromatic heterocycles. The Bertz CT molecular complexity index is 773. The average Bonchev–Trinajstić information content (AvgIpc) is 2.56. The number of hydrogen-bond acceptors (Lipinski definition) is 4. The van der Waals surface area contributed by atoms with Crippen LogP contribution in [0.15, 0.2) is 46.9 Å². The van der Waals surface area contributed by atoms with E-state index in [1.165, 1.54) is 12.1 Å². The predicted molar refractivity (Wildman–Crippen MR) is 102 cm³/mol. The van der Waals surface area contributed by atoms with Crippen molar-refractivity contribution in [1.82, 2.24) is 5.32 Å². The highest BCUT2D eigenvalue weighted by molar-refractivity contribution is 9.10. The van der Waals surface area contributed by atoms with Crippen molar-refractivity contribution in [1.29, 1.82) is 0 Å². The van der Waals surface area contributed by atoms with Crippen LogP contribution >= 0.6 is 28.1 Å². The highest BCUT2D eigenvalue weighted by Crippen LogP contribution is 2.26. The fourth-order valence-corrected chi connectivity index (χ4v) is 2.60. The monoisotopic (exact) mass is 426 g/mol. The summed E-state index contributed by atoms with van der Waals surface area (Å²) < 4.78 is 24.2. The molecule has 132 valence electrons. The van der Waals surface area contributed by atoms with E-state index in [2.05, 4.69) is 26.6 Å². The molecule has 0 saturated heterocycles. The van der Waals surface area contributed by atoms with Crippen LogP contribution in [0.4, 0.5) is 10.1 Å². The van der Waals surface area contributed by atoms with E-state index < -0.39 is 11.7 Å². The van der Waals surface area contributed by atoms with Crippen molar-refractivity contribution >= 4 is 44.9 Å². The van der Waals surface area contributed by atoms with Crippen LogP contribution in [-0.2, 0) is 4.74 Å². The van der Waals surface area contributed by atoms with Crippen molar-refractivity contribution in [2.75, 3.05) is 25.6 Å². The van der Waals surface area contributed by atoms with Crippen molar-refractivity contribution in [3.63, 3.8) is 0 Å². The standard InChI is InChI=1S/C17H16BrFN2O3S/c1-23-7-8-24-15-6-5-11(9-14(15)18)16(22)21-17(25)20-13-4-2-3-12(19)10-13/h2-6,9-10H,7-8H2,1H3,(H2,20,21,22,25). The van der Waals surface area contributed by atoms with Crippen LogP contribution in [-0.4, -0.2) is 31.3 Å². The third kappa shape index (κ3) is 6.08. The van der Waals surface area contributed by atoms with Crippen LogP contribution in [0.3, 0.4) is 0 Å². The Balaban J connectivity index is 1.95. The molecule has 2 N–H and O–H groups in total. The van der Waals surface area contributed by atoms with Gasteiger partial charge in [-0.25, -0.2) is 4.39 Å². The third-order valence-corrected chi connectivity index (χ3v) is 3.87. The number of methoxy groups -OCH3 is 1. The lowest BCUT2D eigenvalue weighted by Gasteiger charge is -2.11. The number of anilines is 1. The molecule has 1 amide bonds. The number of carbonyl (C=O) groups excluding carboxylic acids is 1. The van der Waals surface area contributed by atoms with Gasteiger partial charge in [0.1, 0.15) is 18.2 Å². The number of nitrogens with one attached hydrogen (secondary N) is 2. The molecule has 0 heterocycles. The summed E-state index contributed by atoms with van der Waals surface area (Å²) in [5.41, 5.74) is 0.850. The summed E-state index contributed by atoms with van der Waals surface area (Å²) in [6.45, 7) is 0.872. The van der Waals surface area contributed by atoms with Gasteiger partial charge < -0.3 is 14.8 Å². The second kappa shape index (κ2) is 9.45. The highest BCUT2D eigenvalue weighted by Gasteiger charge is 2.11. The van der Waals surface area contributed by atoms with E-state index in [-0.39, 0.29) is 5.11 Å². The molecule has 2 rings (SSSR count). The molecule has 0 spiro atoms. The summed E-state index contributed by atoms with van der Waals surface area (Å²) in [4.78, 5) is 12.2. The van der Waals surface area contributed by atoms with Gasteiger partial charge in [0.05, 0.1) is 11.1 Å². The molecule has 0 radical (unpaired) electrons. The number of benzene rings is 2. The molecule has 8 heteroatoms. The first-order valence-electron chi connectivity index (χ1n) is 7.29. The summed E-state index contributed by atoms with van der Waals surface area (Å²) in [6.07, 6.45) is 0. The number of thiocarbonyl (C=S) groups is 1. The highest BCUT2D eigenvalue weighted by atomic mass is 79.9. The predicted octanol–water partition coefficient (Wildman–Crippen LogP) is 3.74. The van der Waals surface area contributed by atoms with Crippen LogP contribution in [0.25, 0.3) is 0 Å². The average molecular weight is 427 g/mol. The van der Waals surface area contributed by atoms with Crippen molar-refractivity contribution < 1.29 is 18.7 Å². The Kier molecular flexibility index (Phi) is 7.30. The second-order valence-corrected chi connectivity index (χ2v) is 6.17. The van der Waals surface area contributed by atoms with E-state index in [1.54, 1.807) is 37.4 Å². The molecule has 5 nitrogen and oxygen atoms in total. The molecule has 0 aliphatic rings. The molecule has 0 saturated carbocycles. The topological polar surface area (TPSA) is 59.6 Å². The van der Waals surface area contributed by atoms with Gasteiger partial charge in [0, 0.05) is 18.4 Å². The molecule has 0 unspecified atom stereocenters. The van der Waals surface area contributed by atoms with Crippen LogP contribution in [0.1, 0.15) is 10.4 Å². The molecule has 0 aliphatic heterocycles. The maximum atomic E-state index is 13.1. The van der Waals surface area contributed by atoms with Gasteiger partial charge in [-0.1, -0.05) is 6.07 Å². The number of rotatable bonds is 6. The van der Waals surface area contributed by atoms with Crippen molar-refractivity contribution in [2.24, 2.45) is 0 Å². The van der Waals surface area contributed by atoms with Crippen LogP contribution in [0, 0.1) is 5.82 Å². The largest absolute Gasteiger partial charge is 0.490 e. The second-order valence-electron chi connectivity index (χ2n) is 4.91. The maximum absolute atomic E-state index is 13.1. The van der Waals surface area contributed by atoms with Gasteiger partial charge in [-0.15, -0.1) is 0 Å². The van der Waals surface area contributed by atoms with Gasteiger partial charge in [-0.05, 0) is 64.5 Å². The van der Waals surface area contributed by atoms with Crippen LogP contribution in [0.5, 0.6) is 5.75 Å². The van der Waals surface area contributed by atoms with Gasteiger partial charge in [0.15, 0.2) is 5.11 Å². The number of carbonyl (C=O) groups is 1. The number of hydrogen-bond donors (Lipinski definition) is 2. The minimum Gasteiger partial charge on any atom is -0.490 e. The van der Waals surface area contributed by atoms with E-state index >= 15 is 0 Å². The maximum Gasteiger partial charge on any atom is 0.257 e. The fraction of sp³-hybridized carbons (Fsp3) is 0.176. The summed E-state index contributed by atoms with van der Waals surface area (Å²) in [5, 5.41) is 5.37. The lowest BCUT2D eigenvalue weighted by molar-refractivity contribution is 0.0977.